The first-order valence-electron chi connectivity index (χ1n) is 11.8. The van der Waals surface area contributed by atoms with Gasteiger partial charge in [0.15, 0.2) is 5.60 Å². The van der Waals surface area contributed by atoms with Gasteiger partial charge in [0.1, 0.15) is 0 Å². The van der Waals surface area contributed by atoms with Crippen molar-refractivity contribution in [3.05, 3.63) is 0 Å². The maximum absolute atomic E-state index is 13.1. The highest BCUT2D eigenvalue weighted by Gasteiger charge is 2.46. The fraction of sp³-hybridized carbons (Fsp3) is 0.958. The molecule has 0 bridgehead atoms. The molecule has 0 saturated heterocycles. The van der Waals surface area contributed by atoms with Gasteiger partial charge in [-0.1, -0.05) is 79.6 Å². The summed E-state index contributed by atoms with van der Waals surface area (Å²) in [6.07, 6.45) is 13.9. The number of hydrogen-bond donors (Lipinski definition) is 0. The smallest absolute Gasteiger partial charge is 0.338 e. The molecule has 0 aliphatic heterocycles. The molecule has 0 N–H and O–H groups in total. The van der Waals surface area contributed by atoms with E-state index < -0.39 is 5.60 Å². The standard InChI is InChI=1S/C24H46O3/c1-6-12-22(16-11-15-21-13-9-10-14-21)24(8-3,23(25)26-18-7-2)27-19-17-20(4)5/h20-22H,6-19H2,1-5H3. The van der Waals surface area contributed by atoms with Gasteiger partial charge in [-0.05, 0) is 49.9 Å². The molecule has 2 atom stereocenters. The van der Waals surface area contributed by atoms with E-state index in [2.05, 4.69) is 27.7 Å². The van der Waals surface area contributed by atoms with Crippen molar-refractivity contribution < 1.29 is 14.3 Å². The number of carbonyl (C=O) groups is 1. The molecule has 0 heterocycles. The maximum atomic E-state index is 13.1. The number of rotatable bonds is 15. The van der Waals surface area contributed by atoms with Crippen molar-refractivity contribution in [2.75, 3.05) is 13.2 Å². The monoisotopic (exact) mass is 382 g/mol. The Bertz CT molecular complexity index is 387. The summed E-state index contributed by atoms with van der Waals surface area (Å²) < 4.78 is 12.1. The van der Waals surface area contributed by atoms with E-state index in [1.165, 1.54) is 38.5 Å². The highest BCUT2D eigenvalue weighted by atomic mass is 16.6. The summed E-state index contributed by atoms with van der Waals surface area (Å²) in [4.78, 5) is 13.1. The van der Waals surface area contributed by atoms with Gasteiger partial charge in [-0.3, -0.25) is 0 Å². The van der Waals surface area contributed by atoms with Crippen LogP contribution in [0.15, 0.2) is 0 Å². The summed E-state index contributed by atoms with van der Waals surface area (Å²) in [5.41, 5.74) is -0.754. The molecule has 1 aliphatic rings. The van der Waals surface area contributed by atoms with Gasteiger partial charge in [0, 0.05) is 6.61 Å². The molecule has 160 valence electrons. The SMILES string of the molecule is CCCOC(=O)C(CC)(OCCC(C)C)C(CCC)CCCC1CCCC1. The van der Waals surface area contributed by atoms with Gasteiger partial charge < -0.3 is 9.47 Å². The van der Waals surface area contributed by atoms with Crippen molar-refractivity contribution in [1.29, 1.82) is 0 Å². The molecule has 0 aromatic heterocycles. The molecule has 1 rings (SSSR count). The molecule has 0 spiro atoms. The van der Waals surface area contributed by atoms with E-state index in [0.717, 1.165) is 38.0 Å². The topological polar surface area (TPSA) is 35.5 Å². The molecule has 2 unspecified atom stereocenters. The zero-order chi connectivity index (χ0) is 20.1. The molecule has 3 nitrogen and oxygen atoms in total. The Balaban J connectivity index is 2.83. The Kier molecular flexibility index (Phi) is 12.3. The molecule has 3 heteroatoms. The Morgan fingerprint density at radius 2 is 1.70 bits per heavy atom. The average Bonchev–Trinajstić information content (AvgIpc) is 3.16. The van der Waals surface area contributed by atoms with Crippen molar-refractivity contribution in [2.24, 2.45) is 17.8 Å². The second kappa shape index (κ2) is 13.6. The first-order chi connectivity index (χ1) is 13.0. The van der Waals surface area contributed by atoms with Gasteiger partial charge in [0.05, 0.1) is 6.61 Å². The molecule has 0 aromatic carbocycles. The summed E-state index contributed by atoms with van der Waals surface area (Å²) in [5, 5.41) is 0. The lowest BCUT2D eigenvalue weighted by atomic mass is 9.78. The molecule has 1 fully saturated rings. The predicted molar refractivity (Wildman–Crippen MR) is 114 cm³/mol. The van der Waals surface area contributed by atoms with E-state index in [1.807, 2.05) is 6.92 Å². The van der Waals surface area contributed by atoms with E-state index in [4.69, 9.17) is 9.47 Å². The van der Waals surface area contributed by atoms with Crippen molar-refractivity contribution in [3.63, 3.8) is 0 Å². The minimum atomic E-state index is -0.754. The second-order valence-corrected chi connectivity index (χ2v) is 8.98. The fourth-order valence-corrected chi connectivity index (χ4v) is 4.58. The largest absolute Gasteiger partial charge is 0.464 e. The van der Waals surface area contributed by atoms with Gasteiger partial charge in [0.2, 0.25) is 0 Å². The first-order valence-corrected chi connectivity index (χ1v) is 11.8. The Labute approximate surface area is 169 Å². The van der Waals surface area contributed by atoms with Crippen LogP contribution in [0.25, 0.3) is 0 Å². The summed E-state index contributed by atoms with van der Waals surface area (Å²) in [7, 11) is 0. The van der Waals surface area contributed by atoms with Crippen LogP contribution in [0.4, 0.5) is 0 Å². The molecule has 0 radical (unpaired) electrons. The van der Waals surface area contributed by atoms with E-state index in [-0.39, 0.29) is 11.9 Å². The van der Waals surface area contributed by atoms with Crippen LogP contribution in [0.3, 0.4) is 0 Å². The minimum absolute atomic E-state index is 0.116. The van der Waals surface area contributed by atoms with Crippen molar-refractivity contribution in [2.45, 2.75) is 117 Å². The number of ether oxygens (including phenoxy) is 2. The normalized spacial score (nSPS) is 18.6. The van der Waals surface area contributed by atoms with Crippen molar-refractivity contribution >= 4 is 5.97 Å². The van der Waals surface area contributed by atoms with Crippen LogP contribution < -0.4 is 0 Å². The van der Waals surface area contributed by atoms with E-state index >= 15 is 0 Å². The predicted octanol–water partition coefficient (Wildman–Crippen LogP) is 6.93. The van der Waals surface area contributed by atoms with Gasteiger partial charge >= 0.3 is 5.97 Å². The zero-order valence-corrected chi connectivity index (χ0v) is 18.9. The lowest BCUT2D eigenvalue weighted by molar-refractivity contribution is -0.184. The molecule has 0 aromatic rings. The van der Waals surface area contributed by atoms with Crippen LogP contribution >= 0.6 is 0 Å². The van der Waals surface area contributed by atoms with Crippen LogP contribution in [0.2, 0.25) is 0 Å². The van der Waals surface area contributed by atoms with Crippen molar-refractivity contribution in [3.8, 4) is 0 Å². The van der Waals surface area contributed by atoms with Crippen LogP contribution in [0.5, 0.6) is 0 Å². The molecular weight excluding hydrogens is 336 g/mol. The fourth-order valence-electron chi connectivity index (χ4n) is 4.58. The second-order valence-electron chi connectivity index (χ2n) is 8.98. The molecular formula is C24H46O3. The number of carbonyl (C=O) groups excluding carboxylic acids is 1. The van der Waals surface area contributed by atoms with E-state index in [1.54, 1.807) is 0 Å². The van der Waals surface area contributed by atoms with Crippen LogP contribution in [0, 0.1) is 17.8 Å². The first kappa shape index (κ1) is 24.5. The lowest BCUT2D eigenvalue weighted by Crippen LogP contribution is -2.49. The molecule has 1 aliphatic carbocycles. The summed E-state index contributed by atoms with van der Waals surface area (Å²) in [6, 6.07) is 0. The maximum Gasteiger partial charge on any atom is 0.338 e. The summed E-state index contributed by atoms with van der Waals surface area (Å²) in [5.74, 6) is 1.65. The van der Waals surface area contributed by atoms with Gasteiger partial charge in [-0.15, -0.1) is 0 Å². The van der Waals surface area contributed by atoms with Crippen LogP contribution in [0.1, 0.15) is 112 Å². The minimum Gasteiger partial charge on any atom is -0.464 e. The van der Waals surface area contributed by atoms with Crippen LogP contribution in [-0.2, 0) is 14.3 Å². The quantitative estimate of drug-likeness (QED) is 0.288. The molecule has 1 saturated carbocycles. The number of esters is 1. The lowest BCUT2D eigenvalue weighted by Gasteiger charge is -2.38. The highest BCUT2D eigenvalue weighted by molar-refractivity contribution is 5.80. The summed E-state index contributed by atoms with van der Waals surface area (Å²) >= 11 is 0. The van der Waals surface area contributed by atoms with Crippen molar-refractivity contribution in [1.82, 2.24) is 0 Å². The number of hydrogen-bond acceptors (Lipinski definition) is 3. The molecule has 27 heavy (non-hydrogen) atoms. The van der Waals surface area contributed by atoms with Gasteiger partial charge in [-0.2, -0.15) is 0 Å². The van der Waals surface area contributed by atoms with E-state index in [9.17, 15) is 4.79 Å². The van der Waals surface area contributed by atoms with Gasteiger partial charge in [0.25, 0.3) is 0 Å². The van der Waals surface area contributed by atoms with Crippen LogP contribution in [-0.4, -0.2) is 24.8 Å². The Hall–Kier alpha value is -0.570. The average molecular weight is 383 g/mol. The Morgan fingerprint density at radius 1 is 1.00 bits per heavy atom. The molecule has 0 amide bonds. The third kappa shape index (κ3) is 8.13. The third-order valence-electron chi connectivity index (χ3n) is 6.30. The summed E-state index contributed by atoms with van der Waals surface area (Å²) in [6.45, 7) is 11.9. The zero-order valence-electron chi connectivity index (χ0n) is 18.9. The van der Waals surface area contributed by atoms with E-state index in [0.29, 0.717) is 25.6 Å². The highest BCUT2D eigenvalue weighted by Crippen LogP contribution is 2.37. The van der Waals surface area contributed by atoms with Gasteiger partial charge in [-0.25, -0.2) is 4.79 Å². The Morgan fingerprint density at radius 3 is 2.26 bits per heavy atom. The third-order valence-corrected chi connectivity index (χ3v) is 6.30.